The third kappa shape index (κ3) is 4.72. The van der Waals surface area contributed by atoms with E-state index in [9.17, 15) is 14.0 Å². The van der Waals surface area contributed by atoms with E-state index in [0.29, 0.717) is 5.56 Å². The van der Waals surface area contributed by atoms with Crippen molar-refractivity contribution in [1.29, 1.82) is 0 Å². The maximum absolute atomic E-state index is 13.7. The fraction of sp³-hybridized carbons (Fsp3) is 0.500. The van der Waals surface area contributed by atoms with Crippen LogP contribution in [0, 0.1) is 11.7 Å². The van der Waals surface area contributed by atoms with Crippen molar-refractivity contribution in [3.8, 4) is 5.75 Å². The average Bonchev–Trinajstić information content (AvgIpc) is 2.43. The number of hydrogen-bond donors (Lipinski definition) is 1. The van der Waals surface area contributed by atoms with Crippen LogP contribution in [0.4, 0.5) is 4.39 Å². The summed E-state index contributed by atoms with van der Waals surface area (Å²) in [6, 6.07) is 3.97. The summed E-state index contributed by atoms with van der Waals surface area (Å²) in [7, 11) is 3.02. The van der Waals surface area contributed by atoms with Gasteiger partial charge in [-0.3, -0.25) is 9.59 Å². The van der Waals surface area contributed by atoms with Gasteiger partial charge in [0.25, 0.3) is 0 Å². The topological polar surface area (TPSA) is 58.6 Å². The van der Waals surface area contributed by atoms with Crippen molar-refractivity contribution in [3.05, 3.63) is 29.6 Å². The number of nitrogens with zero attached hydrogens (tertiary/aromatic N) is 1. The number of benzene rings is 1. The maximum atomic E-state index is 13.7. The molecule has 122 valence electrons. The quantitative estimate of drug-likeness (QED) is 0.874. The molecule has 0 saturated carbocycles. The Hall–Kier alpha value is -2.11. The minimum atomic E-state index is -0.592. The fourth-order valence-electron chi connectivity index (χ4n) is 2.13. The largest absolute Gasteiger partial charge is 0.494 e. The van der Waals surface area contributed by atoms with Crippen LogP contribution in [0.2, 0.25) is 0 Å². The molecule has 0 aromatic heterocycles. The van der Waals surface area contributed by atoms with Gasteiger partial charge in [0.1, 0.15) is 6.04 Å². The van der Waals surface area contributed by atoms with Crippen LogP contribution in [0.15, 0.2) is 18.2 Å². The van der Waals surface area contributed by atoms with Crippen molar-refractivity contribution in [2.45, 2.75) is 33.4 Å². The second-order valence-corrected chi connectivity index (χ2v) is 5.59. The summed E-state index contributed by atoms with van der Waals surface area (Å²) in [4.78, 5) is 25.1. The summed E-state index contributed by atoms with van der Waals surface area (Å²) in [5, 5.41) is 2.65. The summed E-state index contributed by atoms with van der Waals surface area (Å²) in [5.41, 5.74) is 0.652. The molecule has 2 amide bonds. The third-order valence-electron chi connectivity index (χ3n) is 3.30. The standard InChI is InChI=1S/C16H23FN2O3/c1-10(2)15(18-11(3)20)16(21)19(4)9-12-6-7-14(22-5)13(17)8-12/h6-8,10,15H,9H2,1-5H3,(H,18,20). The van der Waals surface area contributed by atoms with Crippen LogP contribution in [-0.2, 0) is 16.1 Å². The van der Waals surface area contributed by atoms with Gasteiger partial charge in [0.2, 0.25) is 11.8 Å². The van der Waals surface area contributed by atoms with Crippen LogP contribution >= 0.6 is 0 Å². The average molecular weight is 310 g/mol. The highest BCUT2D eigenvalue weighted by molar-refractivity contribution is 5.86. The first-order valence-corrected chi connectivity index (χ1v) is 7.10. The number of rotatable bonds is 6. The van der Waals surface area contributed by atoms with E-state index >= 15 is 0 Å². The van der Waals surface area contributed by atoms with Crippen molar-refractivity contribution in [1.82, 2.24) is 10.2 Å². The van der Waals surface area contributed by atoms with Gasteiger partial charge in [-0.15, -0.1) is 0 Å². The molecule has 0 heterocycles. The highest BCUT2D eigenvalue weighted by atomic mass is 19.1. The molecule has 0 fully saturated rings. The lowest BCUT2D eigenvalue weighted by Gasteiger charge is -2.26. The predicted molar refractivity (Wildman–Crippen MR) is 81.9 cm³/mol. The number of carbonyl (C=O) groups is 2. The second kappa shape index (κ2) is 7.77. The van der Waals surface area contributed by atoms with Gasteiger partial charge in [-0.25, -0.2) is 4.39 Å². The minimum absolute atomic E-state index is 0.0357. The zero-order valence-corrected chi connectivity index (χ0v) is 13.6. The molecule has 0 spiro atoms. The van der Waals surface area contributed by atoms with Crippen molar-refractivity contribution in [3.63, 3.8) is 0 Å². The van der Waals surface area contributed by atoms with Crippen LogP contribution < -0.4 is 10.1 Å². The van der Waals surface area contributed by atoms with E-state index in [4.69, 9.17) is 4.74 Å². The molecule has 1 aromatic carbocycles. The molecule has 1 rings (SSSR count). The number of hydrogen-bond acceptors (Lipinski definition) is 3. The monoisotopic (exact) mass is 310 g/mol. The molecule has 1 atom stereocenters. The molecule has 1 unspecified atom stereocenters. The van der Waals surface area contributed by atoms with Gasteiger partial charge in [0.15, 0.2) is 11.6 Å². The Morgan fingerprint density at radius 1 is 1.36 bits per heavy atom. The molecule has 1 N–H and O–H groups in total. The SMILES string of the molecule is COc1ccc(CN(C)C(=O)C(NC(C)=O)C(C)C)cc1F. The smallest absolute Gasteiger partial charge is 0.245 e. The van der Waals surface area contributed by atoms with Gasteiger partial charge >= 0.3 is 0 Å². The maximum Gasteiger partial charge on any atom is 0.245 e. The zero-order valence-electron chi connectivity index (χ0n) is 13.6. The fourth-order valence-corrected chi connectivity index (χ4v) is 2.13. The van der Waals surface area contributed by atoms with Crippen LogP contribution in [-0.4, -0.2) is 36.9 Å². The summed E-state index contributed by atoms with van der Waals surface area (Å²) < 4.78 is 18.5. The molecule has 22 heavy (non-hydrogen) atoms. The number of amides is 2. The van der Waals surface area contributed by atoms with Crippen molar-refractivity contribution < 1.29 is 18.7 Å². The Morgan fingerprint density at radius 2 is 2.00 bits per heavy atom. The first-order valence-electron chi connectivity index (χ1n) is 7.10. The van der Waals surface area contributed by atoms with Crippen molar-refractivity contribution in [2.75, 3.05) is 14.2 Å². The first kappa shape index (κ1) is 17.9. The van der Waals surface area contributed by atoms with Gasteiger partial charge in [-0.2, -0.15) is 0 Å². The van der Waals surface area contributed by atoms with E-state index in [1.165, 1.54) is 31.1 Å². The number of carbonyl (C=O) groups excluding carboxylic acids is 2. The molecule has 0 aliphatic heterocycles. The molecule has 5 nitrogen and oxygen atoms in total. The van der Waals surface area contributed by atoms with E-state index < -0.39 is 11.9 Å². The number of nitrogens with one attached hydrogen (secondary N) is 1. The first-order chi connectivity index (χ1) is 10.3. The predicted octanol–water partition coefficient (Wildman–Crippen LogP) is 1.95. The lowest BCUT2D eigenvalue weighted by atomic mass is 10.0. The lowest BCUT2D eigenvalue weighted by molar-refractivity contribution is -0.136. The highest BCUT2D eigenvalue weighted by Crippen LogP contribution is 2.19. The number of ether oxygens (including phenoxy) is 1. The van der Waals surface area contributed by atoms with Gasteiger partial charge < -0.3 is 15.0 Å². The molecular formula is C16H23FN2O3. The summed E-state index contributed by atoms with van der Waals surface area (Å²) >= 11 is 0. The van der Waals surface area contributed by atoms with E-state index in [-0.39, 0.29) is 30.0 Å². The summed E-state index contributed by atoms with van der Waals surface area (Å²) in [6.07, 6.45) is 0. The molecule has 0 aliphatic carbocycles. The molecule has 0 radical (unpaired) electrons. The molecule has 0 aliphatic rings. The Labute approximate surface area is 130 Å². The van der Waals surface area contributed by atoms with Crippen LogP contribution in [0.5, 0.6) is 5.75 Å². The lowest BCUT2D eigenvalue weighted by Crippen LogP contribution is -2.49. The number of methoxy groups -OCH3 is 1. The molecule has 0 bridgehead atoms. The van der Waals surface area contributed by atoms with Crippen molar-refractivity contribution in [2.24, 2.45) is 5.92 Å². The second-order valence-electron chi connectivity index (χ2n) is 5.59. The molecule has 6 heteroatoms. The van der Waals surface area contributed by atoms with Gasteiger partial charge in [0.05, 0.1) is 7.11 Å². The Morgan fingerprint density at radius 3 is 2.45 bits per heavy atom. The Balaban J connectivity index is 2.82. The molecule has 1 aromatic rings. The van der Waals surface area contributed by atoms with E-state index in [0.717, 1.165) is 0 Å². The molecular weight excluding hydrogens is 287 g/mol. The third-order valence-corrected chi connectivity index (χ3v) is 3.30. The summed E-state index contributed by atoms with van der Waals surface area (Å²) in [5.74, 6) is -0.803. The summed E-state index contributed by atoms with van der Waals surface area (Å²) in [6.45, 7) is 5.35. The van der Waals surface area contributed by atoms with Gasteiger partial charge in [0, 0.05) is 20.5 Å². The minimum Gasteiger partial charge on any atom is -0.494 e. The number of likely N-dealkylation sites (N-methyl/N-ethyl adjacent to an activating group) is 1. The van der Waals surface area contributed by atoms with Gasteiger partial charge in [-0.1, -0.05) is 19.9 Å². The Bertz CT molecular complexity index is 546. The van der Waals surface area contributed by atoms with Crippen LogP contribution in [0.1, 0.15) is 26.3 Å². The van der Waals surface area contributed by atoms with E-state index in [1.807, 2.05) is 13.8 Å². The van der Waals surface area contributed by atoms with Gasteiger partial charge in [-0.05, 0) is 23.6 Å². The normalized spacial score (nSPS) is 12.0. The van der Waals surface area contributed by atoms with E-state index in [1.54, 1.807) is 13.1 Å². The number of halogens is 1. The molecule has 0 saturated heterocycles. The van der Waals surface area contributed by atoms with Crippen LogP contribution in [0.3, 0.4) is 0 Å². The zero-order chi connectivity index (χ0) is 16.9. The Kier molecular flexibility index (Phi) is 6.34. The van der Waals surface area contributed by atoms with Crippen LogP contribution in [0.25, 0.3) is 0 Å². The highest BCUT2D eigenvalue weighted by Gasteiger charge is 2.26. The van der Waals surface area contributed by atoms with Crippen molar-refractivity contribution >= 4 is 11.8 Å². The van der Waals surface area contributed by atoms with E-state index in [2.05, 4.69) is 5.32 Å².